The van der Waals surface area contributed by atoms with Gasteiger partial charge in [0, 0.05) is 102 Å². The summed E-state index contributed by atoms with van der Waals surface area (Å²) in [7, 11) is 0. The van der Waals surface area contributed by atoms with Gasteiger partial charge in [0.25, 0.3) is 0 Å². The van der Waals surface area contributed by atoms with Crippen molar-refractivity contribution in [2.24, 2.45) is 0 Å². The Hall–Kier alpha value is -16.5. The Morgan fingerprint density at radius 3 is 1.32 bits per heavy atom. The number of nitrogens with zero attached hydrogens (tertiary/aromatic N) is 9. The van der Waals surface area contributed by atoms with Crippen molar-refractivity contribution in [3.63, 3.8) is 0 Å². The Kier molecular flexibility index (Phi) is 16.4. The zero-order valence-electron chi connectivity index (χ0n) is 69.8. The molecule has 0 spiro atoms. The van der Waals surface area contributed by atoms with Gasteiger partial charge in [-0.1, -0.05) is 335 Å². The quantitative estimate of drug-likeness (QED) is 0.136. The molecule has 26 aromatic rings. The molecule has 0 saturated carbocycles. The van der Waals surface area contributed by atoms with Crippen molar-refractivity contribution in [1.82, 2.24) is 43.2 Å². The summed E-state index contributed by atoms with van der Waals surface area (Å²) in [5.41, 5.74) is 28.3. The molecule has 0 radical (unpaired) electrons. The van der Waals surface area contributed by atoms with E-state index in [1.165, 1.54) is 141 Å². The lowest BCUT2D eigenvalue weighted by atomic mass is 9.82. The highest BCUT2D eigenvalue weighted by atomic mass is 32.1. The number of hydrogen-bond acceptors (Lipinski definition) is 6. The second-order valence-corrected chi connectivity index (χ2v) is 35.2. The first-order valence-electron chi connectivity index (χ1n) is 43.7. The third-order valence-corrected chi connectivity index (χ3v) is 27.9. The van der Waals surface area contributed by atoms with E-state index in [9.17, 15) is 0 Å². The molecule has 1 aliphatic carbocycles. The fourth-order valence-electron chi connectivity index (χ4n) is 20.8. The minimum absolute atomic E-state index is 0.118. The van der Waals surface area contributed by atoms with Gasteiger partial charge in [0.2, 0.25) is 11.9 Å². The molecule has 0 saturated heterocycles. The molecule has 598 valence electrons. The van der Waals surface area contributed by atoms with Crippen LogP contribution in [0, 0.1) is 0 Å². The lowest BCUT2D eigenvalue weighted by Gasteiger charge is -2.21. The molecule has 0 amide bonds. The van der Waals surface area contributed by atoms with Gasteiger partial charge in [-0.25, -0.2) is 15.0 Å². The SMILES string of the molecule is CC1(C)c2ccccc2-c2cc3c(cc21)c1c2ccccc2c(-c2ccc4c5ccccc5n(-c5nc(-c6ccccc6)nc(-c6ccccc6)n5)c4c2)cc1n3-c1ccccc1.c1ccc(-c2ccc(-c3nc(-n4c5ccccc5c5c6ccccc6c(-c6ccc7c(c6)c6c8sc9ccccc9c8ccc6n7-c6ccccc6)cc54)nc4ccccc34)cc2)cc1. The lowest BCUT2D eigenvalue weighted by Crippen LogP contribution is -2.14. The van der Waals surface area contributed by atoms with Crippen molar-refractivity contribution < 1.29 is 0 Å². The highest BCUT2D eigenvalue weighted by molar-refractivity contribution is 7.26. The van der Waals surface area contributed by atoms with Crippen molar-refractivity contribution in [2.75, 3.05) is 0 Å². The first kappa shape index (κ1) is 73.0. The van der Waals surface area contributed by atoms with Gasteiger partial charge in [-0.05, 0) is 174 Å². The molecule has 27 rings (SSSR count). The predicted octanol–water partition coefficient (Wildman–Crippen LogP) is 30.9. The normalized spacial score (nSPS) is 12.5. The van der Waals surface area contributed by atoms with Crippen LogP contribution in [0.4, 0.5) is 0 Å². The van der Waals surface area contributed by atoms with Gasteiger partial charge < -0.3 is 9.13 Å². The summed E-state index contributed by atoms with van der Waals surface area (Å²) in [6.45, 7) is 4.74. The van der Waals surface area contributed by atoms with E-state index in [1.807, 2.05) is 47.7 Å². The Bertz CT molecular complexity index is 9020. The number of rotatable bonds is 10. The first-order valence-corrected chi connectivity index (χ1v) is 44.5. The Labute approximate surface area is 739 Å². The van der Waals surface area contributed by atoms with E-state index in [0.29, 0.717) is 23.5 Å². The van der Waals surface area contributed by atoms with Crippen molar-refractivity contribution in [3.8, 4) is 102 Å². The third kappa shape index (κ3) is 11.3. The molecule has 0 bridgehead atoms. The molecular weight excluding hydrogens is 1580 g/mol. The van der Waals surface area contributed by atoms with Crippen LogP contribution in [0.25, 0.3) is 242 Å². The Morgan fingerprint density at radius 2 is 0.648 bits per heavy atom. The number of para-hydroxylation sites is 5. The minimum Gasteiger partial charge on any atom is -0.309 e. The van der Waals surface area contributed by atoms with Crippen LogP contribution in [0.2, 0.25) is 0 Å². The van der Waals surface area contributed by atoms with Crippen LogP contribution >= 0.6 is 11.3 Å². The zero-order chi connectivity index (χ0) is 84.4. The second kappa shape index (κ2) is 28.8. The highest BCUT2D eigenvalue weighted by Crippen LogP contribution is 2.54. The van der Waals surface area contributed by atoms with Crippen LogP contribution in [-0.4, -0.2) is 43.2 Å². The number of fused-ring (bicyclic) bond motifs is 24. The van der Waals surface area contributed by atoms with Gasteiger partial charge in [0.05, 0.1) is 55.3 Å². The summed E-state index contributed by atoms with van der Waals surface area (Å²) in [6, 6.07) is 151. The van der Waals surface area contributed by atoms with Gasteiger partial charge in [-0.15, -0.1) is 11.3 Å². The molecule has 1 aliphatic rings. The average Bonchev–Trinajstić information content (AvgIpc) is 1.48. The van der Waals surface area contributed by atoms with Crippen LogP contribution in [-0.2, 0) is 5.41 Å². The smallest absolute Gasteiger partial charge is 0.238 e. The lowest BCUT2D eigenvalue weighted by molar-refractivity contribution is 0.661. The fraction of sp³-hybridized carbons (Fsp3) is 0.0254. The summed E-state index contributed by atoms with van der Waals surface area (Å²) in [5.74, 6) is 2.48. The zero-order valence-corrected chi connectivity index (χ0v) is 70.6. The van der Waals surface area contributed by atoms with Crippen LogP contribution in [0.3, 0.4) is 0 Å². The first-order chi connectivity index (χ1) is 63.3. The monoisotopic (exact) mass is 1650 g/mol. The minimum atomic E-state index is -0.118. The van der Waals surface area contributed by atoms with Crippen molar-refractivity contribution in [3.05, 3.63) is 430 Å². The third-order valence-electron chi connectivity index (χ3n) is 26.7. The molecular formula is C118H75N9S. The molecule has 7 heterocycles. The highest BCUT2D eigenvalue weighted by Gasteiger charge is 2.37. The summed E-state index contributed by atoms with van der Waals surface area (Å²) in [4.78, 5) is 26.3. The van der Waals surface area contributed by atoms with E-state index < -0.39 is 0 Å². The van der Waals surface area contributed by atoms with E-state index in [1.54, 1.807) is 0 Å². The van der Waals surface area contributed by atoms with Crippen LogP contribution in [0.5, 0.6) is 0 Å². The maximum absolute atomic E-state index is 5.50. The van der Waals surface area contributed by atoms with Crippen molar-refractivity contribution in [1.29, 1.82) is 0 Å². The van der Waals surface area contributed by atoms with Gasteiger partial charge in [0.15, 0.2) is 11.6 Å². The fourth-order valence-corrected chi connectivity index (χ4v) is 22.1. The van der Waals surface area contributed by atoms with Crippen LogP contribution in [0.15, 0.2) is 419 Å². The Morgan fingerprint density at radius 1 is 0.219 bits per heavy atom. The standard InChI is InChI=1S/C60H36N4S.C58H39N5/c1-3-15-37(16-4-1)38-27-29-39(30-28-38)58-46-22-9-12-24-50(46)61-60(62-58)64-51-25-13-10-23-47(51)56-44-21-8-7-19-42(44)48(36-54(56)64)40-31-33-52-49(35-40)57-53(63(52)41-17-5-2-6-18-41)34-32-45-43-20-11-14-26-55(43)65-59(45)57;1-58(2)48-28-16-14-25-41(48)46-35-52-47(33-49(46)58)54-44-27-13-12-24-40(44)45(34-53(54)62(52)39-22-10-5-11-23-39)38-30-31-43-42-26-15-17-29-50(42)63(51(43)32-38)57-60-55(36-18-6-3-7-19-36)59-56(61-57)37-20-8-4-9-21-37/h1-36H;3-35H,1-2H3. The molecule has 0 atom stereocenters. The maximum atomic E-state index is 5.50. The number of aromatic nitrogens is 9. The average molecular weight is 1650 g/mol. The second-order valence-electron chi connectivity index (χ2n) is 34.1. The van der Waals surface area contributed by atoms with E-state index in [2.05, 4.69) is 414 Å². The molecule has 9 nitrogen and oxygen atoms in total. The molecule has 128 heavy (non-hydrogen) atoms. The molecule has 0 aliphatic heterocycles. The van der Waals surface area contributed by atoms with Crippen LogP contribution in [0.1, 0.15) is 25.0 Å². The maximum Gasteiger partial charge on any atom is 0.238 e. The summed E-state index contributed by atoms with van der Waals surface area (Å²) in [5, 5.41) is 18.2. The summed E-state index contributed by atoms with van der Waals surface area (Å²) < 4.78 is 12.0. The summed E-state index contributed by atoms with van der Waals surface area (Å²) in [6.07, 6.45) is 0. The molecule has 7 aromatic heterocycles. The van der Waals surface area contributed by atoms with Crippen molar-refractivity contribution in [2.45, 2.75) is 19.3 Å². The van der Waals surface area contributed by atoms with E-state index in [-0.39, 0.29) is 5.41 Å². The summed E-state index contributed by atoms with van der Waals surface area (Å²) >= 11 is 1.89. The van der Waals surface area contributed by atoms with E-state index in [4.69, 9.17) is 24.9 Å². The molecule has 19 aromatic carbocycles. The van der Waals surface area contributed by atoms with E-state index in [0.717, 1.165) is 88.6 Å². The number of benzene rings is 19. The molecule has 0 fully saturated rings. The molecule has 10 heteroatoms. The number of thiophene rings is 1. The van der Waals surface area contributed by atoms with E-state index >= 15 is 0 Å². The Balaban J connectivity index is 0.000000136. The van der Waals surface area contributed by atoms with Crippen molar-refractivity contribution >= 4 is 151 Å². The number of hydrogen-bond donors (Lipinski definition) is 0. The predicted molar refractivity (Wildman–Crippen MR) is 535 cm³/mol. The topological polar surface area (TPSA) is 84.2 Å². The molecule has 0 unspecified atom stereocenters. The van der Waals surface area contributed by atoms with Gasteiger partial charge in [-0.2, -0.15) is 9.97 Å². The largest absolute Gasteiger partial charge is 0.309 e. The van der Waals surface area contributed by atoms with Crippen LogP contribution < -0.4 is 0 Å². The van der Waals surface area contributed by atoms with Gasteiger partial charge in [0.1, 0.15) is 0 Å². The molecule has 0 N–H and O–H groups in total. The van der Waals surface area contributed by atoms with Gasteiger partial charge in [-0.3, -0.25) is 9.13 Å². The van der Waals surface area contributed by atoms with Gasteiger partial charge >= 0.3 is 0 Å².